The van der Waals surface area contributed by atoms with Gasteiger partial charge in [0.25, 0.3) is 0 Å². The van der Waals surface area contributed by atoms with E-state index in [4.69, 9.17) is 0 Å². The summed E-state index contributed by atoms with van der Waals surface area (Å²) in [7, 11) is 0. The third-order valence-electron chi connectivity index (χ3n) is 12.2. The Kier molecular flexibility index (Phi) is 9.65. The first kappa shape index (κ1) is 37.0. The zero-order valence-corrected chi connectivity index (χ0v) is 34.2. The molecule has 0 saturated heterocycles. The van der Waals surface area contributed by atoms with Crippen LogP contribution in [0.25, 0.3) is 111 Å². The van der Waals surface area contributed by atoms with Gasteiger partial charge in [0.2, 0.25) is 0 Å². The van der Waals surface area contributed by atoms with E-state index in [0.29, 0.717) is 0 Å². The van der Waals surface area contributed by atoms with Crippen molar-refractivity contribution in [1.29, 1.82) is 0 Å². The summed E-state index contributed by atoms with van der Waals surface area (Å²) >= 11 is 0. The van der Waals surface area contributed by atoms with Gasteiger partial charge in [-0.2, -0.15) is 0 Å². The van der Waals surface area contributed by atoms with E-state index in [2.05, 4.69) is 255 Å². The molecule has 0 aliphatic rings. The Bertz CT molecular complexity index is 3400. The van der Waals surface area contributed by atoms with Crippen LogP contribution in [0.1, 0.15) is 11.1 Å². The summed E-state index contributed by atoms with van der Waals surface area (Å²) in [4.78, 5) is 0. The fourth-order valence-corrected chi connectivity index (χ4v) is 9.08. The monoisotopic (exact) mass is 786 g/mol. The van der Waals surface area contributed by atoms with Crippen LogP contribution in [-0.4, -0.2) is 0 Å². The van der Waals surface area contributed by atoms with Crippen molar-refractivity contribution in [3.63, 3.8) is 0 Å². The molecule has 11 aromatic carbocycles. The second kappa shape index (κ2) is 16.2. The molecule has 62 heavy (non-hydrogen) atoms. The van der Waals surface area contributed by atoms with Gasteiger partial charge in [0.1, 0.15) is 0 Å². The molecule has 0 aliphatic carbocycles. The van der Waals surface area contributed by atoms with Gasteiger partial charge in [0, 0.05) is 0 Å². The van der Waals surface area contributed by atoms with Crippen molar-refractivity contribution in [2.75, 3.05) is 0 Å². The van der Waals surface area contributed by atoms with E-state index in [-0.39, 0.29) is 0 Å². The molecule has 0 heterocycles. The van der Waals surface area contributed by atoms with E-state index >= 15 is 0 Å². The first-order valence-electron chi connectivity index (χ1n) is 21.4. The molecule has 11 aromatic rings. The Hall–Kier alpha value is -8.06. The van der Waals surface area contributed by atoms with Crippen molar-refractivity contribution in [3.05, 3.63) is 254 Å². The van der Waals surface area contributed by atoms with Gasteiger partial charge in [-0.15, -0.1) is 0 Å². The van der Waals surface area contributed by atoms with E-state index < -0.39 is 0 Å². The Morgan fingerprint density at radius 1 is 0.194 bits per heavy atom. The molecule has 0 N–H and O–H groups in total. The molecule has 0 atom stereocenters. The molecule has 0 fully saturated rings. The second-order valence-corrected chi connectivity index (χ2v) is 16.1. The number of benzene rings is 11. The fraction of sp³-hybridized carbons (Fsp3) is 0. The Labute approximate surface area is 363 Å². The lowest BCUT2D eigenvalue weighted by Crippen LogP contribution is -1.92. The van der Waals surface area contributed by atoms with Crippen molar-refractivity contribution in [2.24, 2.45) is 0 Å². The minimum absolute atomic E-state index is 1.18. The van der Waals surface area contributed by atoms with Gasteiger partial charge in [-0.25, -0.2) is 0 Å². The van der Waals surface area contributed by atoms with Crippen molar-refractivity contribution in [1.82, 2.24) is 0 Å². The maximum atomic E-state index is 2.42. The summed E-state index contributed by atoms with van der Waals surface area (Å²) in [5, 5.41) is 7.43. The molecule has 0 unspecified atom stereocenters. The van der Waals surface area contributed by atoms with E-state index in [1.165, 1.54) is 110 Å². The topological polar surface area (TPSA) is 0 Å². The van der Waals surface area contributed by atoms with Crippen LogP contribution in [0.5, 0.6) is 0 Å². The first-order chi connectivity index (χ1) is 30.7. The highest BCUT2D eigenvalue weighted by atomic mass is 14.2. The van der Waals surface area contributed by atoms with Crippen molar-refractivity contribution >= 4 is 44.5 Å². The van der Waals surface area contributed by atoms with Gasteiger partial charge in [-0.05, 0) is 134 Å². The molecule has 0 nitrogen and oxygen atoms in total. The summed E-state index contributed by atoms with van der Waals surface area (Å²) in [6.07, 6.45) is 4.36. The van der Waals surface area contributed by atoms with Crippen LogP contribution in [0.15, 0.2) is 243 Å². The molecule has 11 rings (SSSR count). The third kappa shape index (κ3) is 7.19. The van der Waals surface area contributed by atoms with E-state index in [0.717, 1.165) is 0 Å². The van der Waals surface area contributed by atoms with Crippen LogP contribution in [0.3, 0.4) is 0 Å². The standard InChI is InChI=1S/C62H42/c1-4-13-43(14-5-1)23-24-44-15-12-20-51(39-44)52-33-34-54-41-55(36-35-53(54)40-52)56-37-38-59-60(42-56)62(50-31-27-48(28-32-50)46-18-8-3-9-19-46)58-22-11-10-21-57(58)61(59)49-29-25-47(26-30-49)45-16-6-2-7-17-45/h1-42H/b24-23-. The summed E-state index contributed by atoms with van der Waals surface area (Å²) in [5.41, 5.74) is 17.0. The largest absolute Gasteiger partial charge is 0.0622 e. The summed E-state index contributed by atoms with van der Waals surface area (Å²) < 4.78 is 0. The zero-order valence-electron chi connectivity index (χ0n) is 34.2. The second-order valence-electron chi connectivity index (χ2n) is 16.1. The zero-order chi connectivity index (χ0) is 41.2. The van der Waals surface area contributed by atoms with Crippen LogP contribution < -0.4 is 0 Å². The smallest absolute Gasteiger partial charge is 0.00261 e. The van der Waals surface area contributed by atoms with Crippen molar-refractivity contribution in [2.45, 2.75) is 0 Å². The highest BCUT2D eigenvalue weighted by Crippen LogP contribution is 2.45. The lowest BCUT2D eigenvalue weighted by molar-refractivity contribution is 1.60. The predicted molar refractivity (Wildman–Crippen MR) is 267 cm³/mol. The average molecular weight is 787 g/mol. The normalized spacial score (nSPS) is 11.5. The van der Waals surface area contributed by atoms with Crippen LogP contribution >= 0.6 is 0 Å². The summed E-state index contributed by atoms with van der Waals surface area (Å²) in [6.45, 7) is 0. The minimum Gasteiger partial charge on any atom is -0.0622 e. The first-order valence-corrected chi connectivity index (χ1v) is 21.4. The van der Waals surface area contributed by atoms with E-state index in [1.807, 2.05) is 0 Å². The Morgan fingerprint density at radius 3 is 1.11 bits per heavy atom. The molecule has 0 amide bonds. The Balaban J connectivity index is 1.02. The molecule has 290 valence electrons. The number of hydrogen-bond donors (Lipinski definition) is 0. The van der Waals surface area contributed by atoms with Crippen LogP contribution in [0, 0.1) is 0 Å². The van der Waals surface area contributed by atoms with Crippen molar-refractivity contribution in [3.8, 4) is 66.8 Å². The average Bonchev–Trinajstić information content (AvgIpc) is 3.35. The van der Waals surface area contributed by atoms with Crippen LogP contribution in [0.2, 0.25) is 0 Å². The quantitative estimate of drug-likeness (QED) is 0.106. The lowest BCUT2D eigenvalue weighted by Gasteiger charge is -2.19. The van der Waals surface area contributed by atoms with Gasteiger partial charge in [0.05, 0.1) is 0 Å². The number of hydrogen-bond acceptors (Lipinski definition) is 0. The van der Waals surface area contributed by atoms with Crippen molar-refractivity contribution < 1.29 is 0 Å². The molecule has 0 bridgehead atoms. The molecule has 0 radical (unpaired) electrons. The molecule has 0 spiro atoms. The van der Waals surface area contributed by atoms with Gasteiger partial charge >= 0.3 is 0 Å². The summed E-state index contributed by atoms with van der Waals surface area (Å²) in [5.74, 6) is 0. The Morgan fingerprint density at radius 2 is 0.548 bits per heavy atom. The predicted octanol–water partition coefficient (Wildman–Crippen LogP) is 17.3. The van der Waals surface area contributed by atoms with Gasteiger partial charge in [0.15, 0.2) is 0 Å². The van der Waals surface area contributed by atoms with Gasteiger partial charge in [-0.3, -0.25) is 0 Å². The highest BCUT2D eigenvalue weighted by molar-refractivity contribution is 6.22. The highest BCUT2D eigenvalue weighted by Gasteiger charge is 2.18. The summed E-state index contributed by atoms with van der Waals surface area (Å²) in [6, 6.07) is 88.5. The SMILES string of the molecule is C(=C/c1cccc(-c2ccc3cc(-c4ccc5c(-c6ccc(-c7ccccc7)cc6)c6ccccc6c(-c6ccc(-c7ccccc7)cc6)c5c4)ccc3c2)c1)/c1ccccc1. The van der Waals surface area contributed by atoms with E-state index in [1.54, 1.807) is 0 Å². The molecular weight excluding hydrogens is 745 g/mol. The molecular formula is C62H42. The maximum Gasteiger partial charge on any atom is -0.00261 e. The molecule has 0 aliphatic heterocycles. The minimum atomic E-state index is 1.18. The number of fused-ring (bicyclic) bond motifs is 3. The lowest BCUT2D eigenvalue weighted by atomic mass is 9.84. The maximum absolute atomic E-state index is 2.42. The van der Waals surface area contributed by atoms with Gasteiger partial charge < -0.3 is 0 Å². The fourth-order valence-electron chi connectivity index (χ4n) is 9.08. The van der Waals surface area contributed by atoms with Crippen LogP contribution in [0.4, 0.5) is 0 Å². The van der Waals surface area contributed by atoms with E-state index in [9.17, 15) is 0 Å². The molecule has 0 aromatic heterocycles. The van der Waals surface area contributed by atoms with Crippen LogP contribution in [-0.2, 0) is 0 Å². The number of rotatable bonds is 8. The van der Waals surface area contributed by atoms with Gasteiger partial charge in [-0.1, -0.05) is 231 Å². The molecule has 0 saturated carbocycles. The third-order valence-corrected chi connectivity index (χ3v) is 12.2. The molecule has 0 heteroatoms.